The quantitative estimate of drug-likeness (QED) is 0.793. The first kappa shape index (κ1) is 12.3. The van der Waals surface area contributed by atoms with E-state index in [4.69, 9.17) is 5.73 Å². The molecule has 0 amide bonds. The van der Waals surface area contributed by atoms with Gasteiger partial charge in [-0.25, -0.2) is 8.78 Å². The number of nitrogens with two attached hydrogens (primary N) is 1. The summed E-state index contributed by atoms with van der Waals surface area (Å²) in [4.78, 5) is 0. The van der Waals surface area contributed by atoms with Gasteiger partial charge in [-0.1, -0.05) is 18.2 Å². The summed E-state index contributed by atoms with van der Waals surface area (Å²) in [5.41, 5.74) is 6.07. The summed E-state index contributed by atoms with van der Waals surface area (Å²) in [6, 6.07) is 6.16. The van der Waals surface area contributed by atoms with Crippen LogP contribution in [0.5, 0.6) is 0 Å². The van der Waals surface area contributed by atoms with Crippen molar-refractivity contribution in [2.45, 2.75) is 19.4 Å². The van der Waals surface area contributed by atoms with Gasteiger partial charge in [0.2, 0.25) is 0 Å². The Morgan fingerprint density at radius 3 is 2.46 bits per heavy atom. The molecule has 0 unspecified atom stereocenters. The molecule has 2 N–H and O–H groups in total. The van der Waals surface area contributed by atoms with Crippen molar-refractivity contribution < 1.29 is 8.78 Å². The van der Waals surface area contributed by atoms with Crippen LogP contribution in [-0.4, -0.2) is 0 Å². The summed E-state index contributed by atoms with van der Waals surface area (Å²) in [6.07, 6.45) is 0. The van der Waals surface area contributed by atoms with Crippen LogP contribution in [0, 0.1) is 0 Å². The van der Waals surface area contributed by atoms with Gasteiger partial charge in [0.25, 0.3) is 5.92 Å². The third-order valence-corrected chi connectivity index (χ3v) is 1.67. The Kier molecular flexibility index (Phi) is 4.30. The van der Waals surface area contributed by atoms with Gasteiger partial charge in [0, 0.05) is 19.0 Å². The average molecular weight is 208 g/mol. The molecule has 0 fully saturated rings. The number of alkyl halides is 2. The summed E-state index contributed by atoms with van der Waals surface area (Å²) < 4.78 is 25.5. The first-order chi connectivity index (χ1) is 5.54. The molecular formula is C9H12ClF2N. The minimum Gasteiger partial charge on any atom is -0.326 e. The summed E-state index contributed by atoms with van der Waals surface area (Å²) in [7, 11) is 0. The summed E-state index contributed by atoms with van der Waals surface area (Å²) >= 11 is 0. The van der Waals surface area contributed by atoms with E-state index >= 15 is 0 Å². The molecule has 0 atom stereocenters. The molecule has 0 saturated carbocycles. The predicted octanol–water partition coefficient (Wildman–Crippen LogP) is 2.68. The van der Waals surface area contributed by atoms with Crippen LogP contribution in [-0.2, 0) is 12.5 Å². The third kappa shape index (κ3) is 3.28. The van der Waals surface area contributed by atoms with Crippen LogP contribution >= 0.6 is 12.4 Å². The smallest absolute Gasteiger partial charge is 0.270 e. The highest BCUT2D eigenvalue weighted by Gasteiger charge is 2.23. The second-order valence-electron chi connectivity index (χ2n) is 2.79. The van der Waals surface area contributed by atoms with Crippen LogP contribution in [0.2, 0.25) is 0 Å². The third-order valence-electron chi connectivity index (χ3n) is 1.67. The molecule has 1 rings (SSSR count). The largest absolute Gasteiger partial charge is 0.326 e. The number of hydrogen-bond acceptors (Lipinski definition) is 1. The molecule has 74 valence electrons. The van der Waals surface area contributed by atoms with Crippen LogP contribution in [0.1, 0.15) is 18.1 Å². The zero-order chi connectivity index (χ0) is 9.19. The van der Waals surface area contributed by atoms with E-state index in [1.54, 1.807) is 12.1 Å². The minimum absolute atomic E-state index is 0. The zero-order valence-electron chi connectivity index (χ0n) is 7.26. The van der Waals surface area contributed by atoms with Crippen molar-refractivity contribution in [2.75, 3.05) is 0 Å². The molecular weight excluding hydrogens is 196 g/mol. The molecule has 1 aromatic carbocycles. The molecule has 4 heteroatoms. The highest BCUT2D eigenvalue weighted by Crippen LogP contribution is 2.26. The highest BCUT2D eigenvalue weighted by molar-refractivity contribution is 5.85. The monoisotopic (exact) mass is 207 g/mol. The van der Waals surface area contributed by atoms with Gasteiger partial charge < -0.3 is 5.73 Å². The van der Waals surface area contributed by atoms with E-state index in [0.717, 1.165) is 12.5 Å². The van der Waals surface area contributed by atoms with Crippen LogP contribution in [0.15, 0.2) is 24.3 Å². The van der Waals surface area contributed by atoms with Crippen molar-refractivity contribution in [1.29, 1.82) is 0 Å². The van der Waals surface area contributed by atoms with E-state index in [0.29, 0.717) is 6.54 Å². The minimum atomic E-state index is -2.77. The van der Waals surface area contributed by atoms with Crippen molar-refractivity contribution in [2.24, 2.45) is 5.73 Å². The molecule has 13 heavy (non-hydrogen) atoms. The van der Waals surface area contributed by atoms with Gasteiger partial charge in [-0.15, -0.1) is 12.4 Å². The lowest BCUT2D eigenvalue weighted by Crippen LogP contribution is -2.08. The lowest BCUT2D eigenvalue weighted by molar-refractivity contribution is 0.0174. The molecule has 0 spiro atoms. The number of benzene rings is 1. The molecule has 0 aromatic heterocycles. The summed E-state index contributed by atoms with van der Waals surface area (Å²) in [5.74, 6) is -2.77. The molecule has 0 aliphatic rings. The number of hydrogen-bond donors (Lipinski definition) is 1. The first-order valence-corrected chi connectivity index (χ1v) is 3.71. The second-order valence-corrected chi connectivity index (χ2v) is 2.79. The van der Waals surface area contributed by atoms with E-state index < -0.39 is 5.92 Å². The Balaban J connectivity index is 0.00000144. The molecule has 0 aliphatic heterocycles. The topological polar surface area (TPSA) is 26.0 Å². The fourth-order valence-corrected chi connectivity index (χ4v) is 0.971. The Labute approximate surface area is 82.4 Å². The first-order valence-electron chi connectivity index (χ1n) is 3.71. The molecule has 0 saturated heterocycles. The summed E-state index contributed by atoms with van der Waals surface area (Å²) in [5, 5.41) is 0. The SMILES string of the molecule is CC(F)(F)c1cccc(CN)c1.Cl. The van der Waals surface area contributed by atoms with Gasteiger partial charge in [0.05, 0.1) is 0 Å². The van der Waals surface area contributed by atoms with Gasteiger partial charge in [-0.2, -0.15) is 0 Å². The van der Waals surface area contributed by atoms with E-state index in [1.807, 2.05) is 0 Å². The van der Waals surface area contributed by atoms with Crippen molar-refractivity contribution in [3.05, 3.63) is 35.4 Å². The number of halogens is 3. The molecule has 1 nitrogen and oxygen atoms in total. The van der Waals surface area contributed by atoms with Gasteiger partial charge in [0.15, 0.2) is 0 Å². The van der Waals surface area contributed by atoms with Gasteiger partial charge in [0.1, 0.15) is 0 Å². The van der Waals surface area contributed by atoms with Crippen LogP contribution in [0.25, 0.3) is 0 Å². The standard InChI is InChI=1S/C9H11F2N.ClH/c1-9(10,11)8-4-2-3-7(5-8)6-12;/h2-5H,6,12H2,1H3;1H. The van der Waals surface area contributed by atoms with E-state index in [2.05, 4.69) is 0 Å². The maximum atomic E-state index is 12.7. The van der Waals surface area contributed by atoms with Crippen molar-refractivity contribution in [3.63, 3.8) is 0 Å². The zero-order valence-corrected chi connectivity index (χ0v) is 8.07. The molecule has 0 aliphatic carbocycles. The van der Waals surface area contributed by atoms with E-state index in [-0.39, 0.29) is 18.0 Å². The maximum Gasteiger partial charge on any atom is 0.270 e. The Morgan fingerprint density at radius 2 is 2.00 bits per heavy atom. The average Bonchev–Trinajstić information content (AvgIpc) is 2.03. The molecule has 0 bridgehead atoms. The van der Waals surface area contributed by atoms with E-state index in [1.165, 1.54) is 12.1 Å². The Hall–Kier alpha value is -0.670. The lowest BCUT2D eigenvalue weighted by Gasteiger charge is -2.10. The normalized spacial score (nSPS) is 10.8. The Bertz CT molecular complexity index is 271. The second kappa shape index (κ2) is 4.53. The fourth-order valence-electron chi connectivity index (χ4n) is 0.971. The molecule has 1 aromatic rings. The van der Waals surface area contributed by atoms with Crippen molar-refractivity contribution in [1.82, 2.24) is 0 Å². The van der Waals surface area contributed by atoms with Gasteiger partial charge in [-0.05, 0) is 11.6 Å². The number of rotatable bonds is 2. The maximum absolute atomic E-state index is 12.7. The van der Waals surface area contributed by atoms with Crippen LogP contribution < -0.4 is 5.73 Å². The lowest BCUT2D eigenvalue weighted by atomic mass is 10.1. The highest BCUT2D eigenvalue weighted by atomic mass is 35.5. The fraction of sp³-hybridized carbons (Fsp3) is 0.333. The molecule has 0 radical (unpaired) electrons. The predicted molar refractivity (Wildman–Crippen MR) is 51.1 cm³/mol. The van der Waals surface area contributed by atoms with Crippen LogP contribution in [0.3, 0.4) is 0 Å². The van der Waals surface area contributed by atoms with Gasteiger partial charge in [-0.3, -0.25) is 0 Å². The summed E-state index contributed by atoms with van der Waals surface area (Å²) in [6.45, 7) is 1.17. The Morgan fingerprint density at radius 1 is 1.38 bits per heavy atom. The molecule has 0 heterocycles. The van der Waals surface area contributed by atoms with Crippen LogP contribution in [0.4, 0.5) is 8.78 Å². The van der Waals surface area contributed by atoms with Crippen molar-refractivity contribution in [3.8, 4) is 0 Å². The van der Waals surface area contributed by atoms with E-state index in [9.17, 15) is 8.78 Å². The van der Waals surface area contributed by atoms with Gasteiger partial charge >= 0.3 is 0 Å². The van der Waals surface area contributed by atoms with Crippen molar-refractivity contribution >= 4 is 12.4 Å².